The fourth-order valence-corrected chi connectivity index (χ4v) is 6.63. The molecule has 1 atom stereocenters. The van der Waals surface area contributed by atoms with Crippen LogP contribution in [0.25, 0.3) is 20.8 Å². The van der Waals surface area contributed by atoms with Crippen molar-refractivity contribution >= 4 is 49.9 Å². The van der Waals surface area contributed by atoms with Crippen molar-refractivity contribution in [3.8, 4) is 10.6 Å². The minimum absolute atomic E-state index is 0.0681. The van der Waals surface area contributed by atoms with Gasteiger partial charge in [-0.25, -0.2) is 9.78 Å². The molecule has 7 nitrogen and oxygen atoms in total. The van der Waals surface area contributed by atoms with E-state index < -0.39 is 23.4 Å². The highest BCUT2D eigenvalue weighted by molar-refractivity contribution is 7.23. The Morgan fingerprint density at radius 3 is 2.64 bits per heavy atom. The molecule has 0 spiro atoms. The van der Waals surface area contributed by atoms with E-state index in [9.17, 15) is 22.8 Å². The summed E-state index contributed by atoms with van der Waals surface area (Å²) in [4.78, 5) is 33.1. The van der Waals surface area contributed by atoms with Crippen LogP contribution in [0.3, 0.4) is 0 Å². The summed E-state index contributed by atoms with van der Waals surface area (Å²) in [5.74, 6) is -0.264. The van der Waals surface area contributed by atoms with Gasteiger partial charge in [-0.1, -0.05) is 6.92 Å². The molecule has 0 saturated carbocycles. The van der Waals surface area contributed by atoms with Gasteiger partial charge in [0, 0.05) is 36.0 Å². The molecule has 1 unspecified atom stereocenters. The molecule has 2 amide bonds. The SMILES string of the molecule is CCC(C)N(CCC(=O)Nc1sc2c(c1-c1nc3cc(C(F)(F)F)ccc3s1)CCNC2)C(=O)OC(C)(C)C. The number of amides is 2. The summed E-state index contributed by atoms with van der Waals surface area (Å²) in [6.07, 6.45) is -3.41. The smallest absolute Gasteiger partial charge is 0.416 e. The molecule has 1 aliphatic rings. The predicted molar refractivity (Wildman–Crippen MR) is 149 cm³/mol. The van der Waals surface area contributed by atoms with E-state index in [0.717, 1.165) is 41.1 Å². The van der Waals surface area contributed by atoms with Crippen LogP contribution in [0.4, 0.5) is 23.0 Å². The molecular weight excluding hydrogens is 549 g/mol. The van der Waals surface area contributed by atoms with E-state index in [2.05, 4.69) is 15.6 Å². The average molecular weight is 583 g/mol. The van der Waals surface area contributed by atoms with Crippen LogP contribution in [-0.2, 0) is 28.7 Å². The second-order valence-corrected chi connectivity index (χ2v) is 12.7. The number of hydrogen-bond donors (Lipinski definition) is 2. The standard InChI is InChI=1S/C27H33F3N4O3S2/c1-6-15(2)34(25(36)37-26(3,4)5)12-10-21(35)33-24-22(17-9-11-31-14-20(17)39-24)23-32-18-13-16(27(28,29)30)7-8-19(18)38-23/h7-8,13,15,31H,6,9-12,14H2,1-5H3,(H,33,35). The van der Waals surface area contributed by atoms with E-state index in [1.165, 1.54) is 28.7 Å². The summed E-state index contributed by atoms with van der Waals surface area (Å²) in [6.45, 7) is 10.9. The highest BCUT2D eigenvalue weighted by Gasteiger charge is 2.32. The van der Waals surface area contributed by atoms with Gasteiger partial charge >= 0.3 is 12.3 Å². The monoisotopic (exact) mass is 582 g/mol. The molecule has 1 aliphatic heterocycles. The molecule has 2 N–H and O–H groups in total. The van der Waals surface area contributed by atoms with E-state index in [1.807, 2.05) is 13.8 Å². The molecule has 2 aromatic heterocycles. The van der Waals surface area contributed by atoms with Gasteiger partial charge in [0.05, 0.1) is 15.8 Å². The van der Waals surface area contributed by atoms with Crippen molar-refractivity contribution in [1.82, 2.24) is 15.2 Å². The van der Waals surface area contributed by atoms with Crippen molar-refractivity contribution in [3.05, 3.63) is 34.2 Å². The molecule has 4 rings (SSSR count). The van der Waals surface area contributed by atoms with Gasteiger partial charge in [-0.15, -0.1) is 22.7 Å². The third-order valence-corrected chi connectivity index (χ3v) is 8.64. The lowest BCUT2D eigenvalue weighted by molar-refractivity contribution is -0.137. The lowest BCUT2D eigenvalue weighted by Gasteiger charge is -2.31. The number of hydrogen-bond acceptors (Lipinski definition) is 7. The van der Waals surface area contributed by atoms with Gasteiger partial charge in [-0.05, 0) is 70.8 Å². The largest absolute Gasteiger partial charge is 0.444 e. The Morgan fingerprint density at radius 1 is 1.23 bits per heavy atom. The van der Waals surface area contributed by atoms with Crippen molar-refractivity contribution in [2.75, 3.05) is 18.4 Å². The quantitative estimate of drug-likeness (QED) is 0.312. The van der Waals surface area contributed by atoms with E-state index in [4.69, 9.17) is 4.74 Å². The van der Waals surface area contributed by atoms with Gasteiger partial charge in [0.2, 0.25) is 5.91 Å². The van der Waals surface area contributed by atoms with Crippen LogP contribution in [0.1, 0.15) is 63.5 Å². The third kappa shape index (κ3) is 6.90. The lowest BCUT2D eigenvalue weighted by atomic mass is 10.0. The van der Waals surface area contributed by atoms with Gasteiger partial charge in [-0.2, -0.15) is 13.2 Å². The topological polar surface area (TPSA) is 83.6 Å². The van der Waals surface area contributed by atoms with Gasteiger partial charge < -0.3 is 20.3 Å². The highest BCUT2D eigenvalue weighted by Crippen LogP contribution is 2.45. The second kappa shape index (κ2) is 11.4. The predicted octanol–water partition coefficient (Wildman–Crippen LogP) is 7.05. The number of carbonyl (C=O) groups is 2. The first-order valence-corrected chi connectivity index (χ1v) is 14.5. The van der Waals surface area contributed by atoms with Gasteiger partial charge in [0.15, 0.2) is 0 Å². The van der Waals surface area contributed by atoms with Crippen LogP contribution < -0.4 is 10.6 Å². The zero-order valence-electron chi connectivity index (χ0n) is 22.6. The molecule has 0 saturated heterocycles. The molecule has 3 aromatic rings. The number of nitrogens with one attached hydrogen (secondary N) is 2. The Labute approximate surface area is 233 Å². The lowest BCUT2D eigenvalue weighted by Crippen LogP contribution is -2.43. The molecule has 0 radical (unpaired) electrons. The zero-order valence-corrected chi connectivity index (χ0v) is 24.3. The first kappa shape index (κ1) is 29.3. The number of aromatic nitrogens is 1. The number of benzene rings is 1. The van der Waals surface area contributed by atoms with Gasteiger partial charge in [0.1, 0.15) is 15.6 Å². The van der Waals surface area contributed by atoms with Crippen molar-refractivity contribution in [2.45, 2.75) is 78.2 Å². The van der Waals surface area contributed by atoms with Crippen molar-refractivity contribution in [2.24, 2.45) is 0 Å². The van der Waals surface area contributed by atoms with Crippen LogP contribution in [0.5, 0.6) is 0 Å². The van der Waals surface area contributed by atoms with Crippen LogP contribution in [0, 0.1) is 0 Å². The number of alkyl halides is 3. The van der Waals surface area contributed by atoms with Crippen molar-refractivity contribution < 1.29 is 27.5 Å². The zero-order chi connectivity index (χ0) is 28.5. The van der Waals surface area contributed by atoms with Crippen LogP contribution >= 0.6 is 22.7 Å². The fraction of sp³-hybridized carbons (Fsp3) is 0.519. The number of nitrogens with zero attached hydrogens (tertiary/aromatic N) is 2. The summed E-state index contributed by atoms with van der Waals surface area (Å²) >= 11 is 2.76. The molecular formula is C27H33F3N4O3S2. The minimum Gasteiger partial charge on any atom is -0.444 e. The fourth-order valence-electron chi connectivity index (χ4n) is 4.30. The molecule has 0 bridgehead atoms. The summed E-state index contributed by atoms with van der Waals surface area (Å²) in [5, 5.41) is 7.53. The van der Waals surface area contributed by atoms with Crippen LogP contribution in [0.2, 0.25) is 0 Å². The first-order valence-electron chi connectivity index (χ1n) is 12.9. The number of fused-ring (bicyclic) bond motifs is 2. The van der Waals surface area contributed by atoms with Gasteiger partial charge in [0.25, 0.3) is 0 Å². The second-order valence-electron chi connectivity index (χ2n) is 10.6. The summed E-state index contributed by atoms with van der Waals surface area (Å²) < 4.78 is 45.9. The maximum absolute atomic E-state index is 13.3. The number of anilines is 1. The van der Waals surface area contributed by atoms with E-state index in [-0.39, 0.29) is 30.4 Å². The molecule has 0 fully saturated rings. The maximum atomic E-state index is 13.3. The summed E-state index contributed by atoms with van der Waals surface area (Å²) in [5.41, 5.74) is 0.706. The number of thiophene rings is 1. The molecule has 3 heterocycles. The minimum atomic E-state index is -4.45. The summed E-state index contributed by atoms with van der Waals surface area (Å²) in [6, 6.07) is 3.47. The number of rotatable bonds is 7. The maximum Gasteiger partial charge on any atom is 0.416 e. The van der Waals surface area contributed by atoms with E-state index in [0.29, 0.717) is 27.7 Å². The first-order chi connectivity index (χ1) is 18.3. The molecule has 0 aliphatic carbocycles. The Balaban J connectivity index is 1.58. The molecule has 1 aromatic carbocycles. The number of halogens is 3. The van der Waals surface area contributed by atoms with Gasteiger partial charge in [-0.3, -0.25) is 4.79 Å². The normalized spacial score (nSPS) is 14.7. The van der Waals surface area contributed by atoms with E-state index >= 15 is 0 Å². The van der Waals surface area contributed by atoms with Crippen LogP contribution in [-0.4, -0.2) is 46.6 Å². The third-order valence-electron chi connectivity index (χ3n) is 6.44. The Bertz CT molecular complexity index is 1360. The Hall–Kier alpha value is -2.70. The molecule has 39 heavy (non-hydrogen) atoms. The van der Waals surface area contributed by atoms with Crippen LogP contribution in [0.15, 0.2) is 18.2 Å². The van der Waals surface area contributed by atoms with Crippen molar-refractivity contribution in [1.29, 1.82) is 0 Å². The number of carbonyl (C=O) groups excluding carboxylic acids is 2. The average Bonchev–Trinajstić information content (AvgIpc) is 3.42. The highest BCUT2D eigenvalue weighted by atomic mass is 32.1. The Kier molecular flexibility index (Phi) is 8.58. The number of ether oxygens (including phenoxy) is 1. The van der Waals surface area contributed by atoms with E-state index in [1.54, 1.807) is 25.7 Å². The Morgan fingerprint density at radius 2 is 1.97 bits per heavy atom. The molecule has 212 valence electrons. The summed E-state index contributed by atoms with van der Waals surface area (Å²) in [7, 11) is 0. The number of thiazole rings is 1. The van der Waals surface area contributed by atoms with Crippen molar-refractivity contribution in [3.63, 3.8) is 0 Å². The molecule has 12 heteroatoms.